The SMILES string of the molecule is Cc1cc(C)cc(-c2cnc(C(C)CCN)[nH]2)c1. The van der Waals surface area contributed by atoms with Gasteiger partial charge in [0, 0.05) is 11.5 Å². The predicted molar refractivity (Wildman–Crippen MR) is 75.6 cm³/mol. The van der Waals surface area contributed by atoms with E-state index in [9.17, 15) is 0 Å². The molecule has 1 unspecified atom stereocenters. The quantitative estimate of drug-likeness (QED) is 0.866. The third kappa shape index (κ3) is 2.79. The van der Waals surface area contributed by atoms with Crippen molar-refractivity contribution >= 4 is 0 Å². The first-order chi connectivity index (χ1) is 8.60. The molecule has 2 aromatic rings. The summed E-state index contributed by atoms with van der Waals surface area (Å²) < 4.78 is 0. The number of H-pyrrole nitrogens is 1. The summed E-state index contributed by atoms with van der Waals surface area (Å²) in [7, 11) is 0. The Morgan fingerprint density at radius 1 is 1.22 bits per heavy atom. The molecule has 0 aliphatic rings. The van der Waals surface area contributed by atoms with Gasteiger partial charge in [-0.05, 0) is 38.9 Å². The number of hydrogen-bond acceptors (Lipinski definition) is 2. The summed E-state index contributed by atoms with van der Waals surface area (Å²) >= 11 is 0. The van der Waals surface area contributed by atoms with Gasteiger partial charge in [-0.3, -0.25) is 0 Å². The van der Waals surface area contributed by atoms with Gasteiger partial charge >= 0.3 is 0 Å². The smallest absolute Gasteiger partial charge is 0.109 e. The van der Waals surface area contributed by atoms with Crippen molar-refractivity contribution in [2.75, 3.05) is 6.54 Å². The summed E-state index contributed by atoms with van der Waals surface area (Å²) in [6.07, 6.45) is 2.87. The zero-order chi connectivity index (χ0) is 13.1. The molecule has 0 radical (unpaired) electrons. The number of aromatic amines is 1. The highest BCUT2D eigenvalue weighted by molar-refractivity contribution is 5.60. The number of nitrogens with zero attached hydrogens (tertiary/aromatic N) is 1. The van der Waals surface area contributed by atoms with Crippen LogP contribution in [0.25, 0.3) is 11.3 Å². The number of nitrogens with one attached hydrogen (secondary N) is 1. The van der Waals surface area contributed by atoms with Crippen LogP contribution in [0.3, 0.4) is 0 Å². The fourth-order valence-electron chi connectivity index (χ4n) is 2.25. The molecular weight excluding hydrogens is 222 g/mol. The van der Waals surface area contributed by atoms with Gasteiger partial charge < -0.3 is 10.7 Å². The highest BCUT2D eigenvalue weighted by atomic mass is 14.9. The Balaban J connectivity index is 2.29. The standard InChI is InChI=1S/C15H21N3/c1-10-6-11(2)8-13(7-10)14-9-17-15(18-14)12(3)4-5-16/h6-9,12H,4-5,16H2,1-3H3,(H,17,18). The molecule has 18 heavy (non-hydrogen) atoms. The van der Waals surface area contributed by atoms with Crippen LogP contribution in [0.4, 0.5) is 0 Å². The first kappa shape index (κ1) is 12.8. The van der Waals surface area contributed by atoms with Gasteiger partial charge in [-0.15, -0.1) is 0 Å². The zero-order valence-corrected chi connectivity index (χ0v) is 11.3. The average Bonchev–Trinajstić information content (AvgIpc) is 2.77. The number of benzene rings is 1. The van der Waals surface area contributed by atoms with Crippen LogP contribution < -0.4 is 5.73 Å². The average molecular weight is 243 g/mol. The van der Waals surface area contributed by atoms with Gasteiger partial charge in [0.05, 0.1) is 11.9 Å². The molecule has 96 valence electrons. The van der Waals surface area contributed by atoms with E-state index in [0.29, 0.717) is 12.5 Å². The van der Waals surface area contributed by atoms with Crippen LogP contribution in [0, 0.1) is 13.8 Å². The van der Waals surface area contributed by atoms with Crippen LogP contribution in [-0.2, 0) is 0 Å². The third-order valence-electron chi connectivity index (χ3n) is 3.19. The second-order valence-electron chi connectivity index (χ2n) is 5.04. The van der Waals surface area contributed by atoms with Crippen LogP contribution in [0.2, 0.25) is 0 Å². The highest BCUT2D eigenvalue weighted by Gasteiger charge is 2.10. The van der Waals surface area contributed by atoms with Crippen molar-refractivity contribution < 1.29 is 0 Å². The number of nitrogens with two attached hydrogens (primary N) is 1. The topological polar surface area (TPSA) is 54.7 Å². The molecule has 1 aromatic carbocycles. The molecule has 1 heterocycles. The molecule has 3 nitrogen and oxygen atoms in total. The van der Waals surface area contributed by atoms with Crippen molar-refractivity contribution in [3.05, 3.63) is 41.3 Å². The van der Waals surface area contributed by atoms with E-state index in [0.717, 1.165) is 17.9 Å². The largest absolute Gasteiger partial charge is 0.342 e. The van der Waals surface area contributed by atoms with E-state index in [1.54, 1.807) is 0 Å². The minimum Gasteiger partial charge on any atom is -0.342 e. The summed E-state index contributed by atoms with van der Waals surface area (Å²) in [5, 5.41) is 0. The number of aromatic nitrogens is 2. The minimum absolute atomic E-state index is 0.384. The van der Waals surface area contributed by atoms with E-state index in [1.807, 2.05) is 6.20 Å². The summed E-state index contributed by atoms with van der Waals surface area (Å²) in [4.78, 5) is 7.86. The zero-order valence-electron chi connectivity index (χ0n) is 11.3. The van der Waals surface area contributed by atoms with Crippen LogP contribution in [0.15, 0.2) is 24.4 Å². The summed E-state index contributed by atoms with van der Waals surface area (Å²) in [5.41, 5.74) is 10.4. The van der Waals surface area contributed by atoms with Crippen molar-refractivity contribution in [3.63, 3.8) is 0 Å². The predicted octanol–water partition coefficient (Wildman–Crippen LogP) is 3.15. The van der Waals surface area contributed by atoms with Gasteiger partial charge in [0.2, 0.25) is 0 Å². The Morgan fingerprint density at radius 2 is 1.89 bits per heavy atom. The fourth-order valence-corrected chi connectivity index (χ4v) is 2.25. The van der Waals surface area contributed by atoms with E-state index >= 15 is 0 Å². The van der Waals surface area contributed by atoms with Crippen LogP contribution in [0.5, 0.6) is 0 Å². The molecule has 0 spiro atoms. The number of imidazole rings is 1. The Bertz CT molecular complexity index is 508. The lowest BCUT2D eigenvalue weighted by Gasteiger charge is -2.06. The highest BCUT2D eigenvalue weighted by Crippen LogP contribution is 2.23. The first-order valence-corrected chi connectivity index (χ1v) is 6.44. The van der Waals surface area contributed by atoms with Gasteiger partial charge in [-0.1, -0.05) is 24.1 Å². The molecule has 2 rings (SSSR count). The monoisotopic (exact) mass is 243 g/mol. The summed E-state index contributed by atoms with van der Waals surface area (Å²) in [5.74, 6) is 1.41. The summed E-state index contributed by atoms with van der Waals surface area (Å²) in [6.45, 7) is 7.08. The van der Waals surface area contributed by atoms with E-state index < -0.39 is 0 Å². The Kier molecular flexibility index (Phi) is 3.82. The maximum Gasteiger partial charge on any atom is 0.109 e. The van der Waals surface area contributed by atoms with E-state index in [2.05, 4.69) is 48.9 Å². The molecule has 0 fully saturated rings. The van der Waals surface area contributed by atoms with Crippen molar-refractivity contribution in [2.24, 2.45) is 5.73 Å². The lowest BCUT2D eigenvalue weighted by Crippen LogP contribution is -2.05. The van der Waals surface area contributed by atoms with E-state index in [-0.39, 0.29) is 0 Å². The molecule has 0 aliphatic heterocycles. The molecule has 1 atom stereocenters. The molecule has 3 heteroatoms. The van der Waals surface area contributed by atoms with E-state index in [1.165, 1.54) is 16.7 Å². The molecule has 0 aliphatic carbocycles. The number of rotatable bonds is 4. The maximum atomic E-state index is 5.58. The van der Waals surface area contributed by atoms with Crippen molar-refractivity contribution in [1.82, 2.24) is 9.97 Å². The molecule has 3 N–H and O–H groups in total. The Morgan fingerprint density at radius 3 is 2.50 bits per heavy atom. The molecule has 0 saturated heterocycles. The van der Waals surface area contributed by atoms with Crippen molar-refractivity contribution in [1.29, 1.82) is 0 Å². The first-order valence-electron chi connectivity index (χ1n) is 6.44. The number of aryl methyl sites for hydroxylation is 2. The Hall–Kier alpha value is -1.61. The van der Waals surface area contributed by atoms with Gasteiger partial charge in [0.25, 0.3) is 0 Å². The molecule has 0 saturated carbocycles. The summed E-state index contributed by atoms with van der Waals surface area (Å²) in [6, 6.07) is 6.54. The fraction of sp³-hybridized carbons (Fsp3) is 0.400. The molecule has 1 aromatic heterocycles. The Labute approximate surface area is 108 Å². The van der Waals surface area contributed by atoms with Crippen molar-refractivity contribution in [2.45, 2.75) is 33.1 Å². The second kappa shape index (κ2) is 5.36. The van der Waals surface area contributed by atoms with Crippen LogP contribution in [0.1, 0.15) is 36.2 Å². The molecule has 0 bridgehead atoms. The van der Waals surface area contributed by atoms with Gasteiger partial charge in [-0.25, -0.2) is 4.98 Å². The molecular formula is C15H21N3. The van der Waals surface area contributed by atoms with Gasteiger partial charge in [-0.2, -0.15) is 0 Å². The van der Waals surface area contributed by atoms with Gasteiger partial charge in [0.1, 0.15) is 5.82 Å². The normalized spacial score (nSPS) is 12.7. The van der Waals surface area contributed by atoms with Crippen molar-refractivity contribution in [3.8, 4) is 11.3 Å². The second-order valence-corrected chi connectivity index (χ2v) is 5.04. The van der Waals surface area contributed by atoms with Crippen LogP contribution in [-0.4, -0.2) is 16.5 Å². The van der Waals surface area contributed by atoms with E-state index in [4.69, 9.17) is 5.73 Å². The third-order valence-corrected chi connectivity index (χ3v) is 3.19. The maximum absolute atomic E-state index is 5.58. The minimum atomic E-state index is 0.384. The molecule has 0 amide bonds. The number of hydrogen-bond donors (Lipinski definition) is 2. The lowest BCUT2D eigenvalue weighted by atomic mass is 10.1. The lowest BCUT2D eigenvalue weighted by molar-refractivity contribution is 0.655. The van der Waals surface area contributed by atoms with Gasteiger partial charge in [0.15, 0.2) is 0 Å². The van der Waals surface area contributed by atoms with Crippen LogP contribution >= 0.6 is 0 Å².